The Bertz CT molecular complexity index is 777. The van der Waals surface area contributed by atoms with Crippen LogP contribution in [0.4, 0.5) is 0 Å². The normalized spacial score (nSPS) is 30.2. The lowest BCUT2D eigenvalue weighted by Gasteiger charge is -2.33. The lowest BCUT2D eigenvalue weighted by Crippen LogP contribution is -2.46. The van der Waals surface area contributed by atoms with Crippen LogP contribution < -0.4 is 4.72 Å². The van der Waals surface area contributed by atoms with E-state index in [9.17, 15) is 18.3 Å². The van der Waals surface area contributed by atoms with Crippen LogP contribution in [-0.4, -0.2) is 36.7 Å². The van der Waals surface area contributed by atoms with Gasteiger partial charge in [0.1, 0.15) is 0 Å². The smallest absolute Gasteiger partial charge is 0.303 e. The Labute approximate surface area is 160 Å². The van der Waals surface area contributed by atoms with Gasteiger partial charge in [-0.3, -0.25) is 4.79 Å². The molecule has 0 spiro atoms. The zero-order valence-electron chi connectivity index (χ0n) is 15.2. The summed E-state index contributed by atoms with van der Waals surface area (Å²) in [7, 11) is -3.59. The van der Waals surface area contributed by atoms with Crippen LogP contribution >= 0.6 is 0 Å². The monoisotopic (exact) mass is 393 g/mol. The minimum atomic E-state index is -3.59. The van der Waals surface area contributed by atoms with Crippen LogP contribution in [0.1, 0.15) is 38.5 Å². The van der Waals surface area contributed by atoms with E-state index in [0.717, 1.165) is 6.42 Å². The molecule has 1 aromatic carbocycles. The zero-order chi connectivity index (χ0) is 19.4. The molecule has 0 unspecified atom stereocenters. The third-order valence-electron chi connectivity index (χ3n) is 5.81. The largest absolute Gasteiger partial charge is 0.481 e. The highest BCUT2D eigenvalue weighted by Gasteiger charge is 2.52. The maximum atomic E-state index is 12.7. The fourth-order valence-corrected chi connectivity index (χ4v) is 5.93. The minimum absolute atomic E-state index is 0.0629. The van der Waals surface area contributed by atoms with Crippen molar-refractivity contribution < 1.29 is 23.4 Å². The molecular formula is C20H27NO5S. The second-order valence-corrected chi connectivity index (χ2v) is 9.29. The number of sulfonamides is 1. The van der Waals surface area contributed by atoms with Gasteiger partial charge in [-0.1, -0.05) is 30.4 Å². The molecule has 0 amide bonds. The number of carbonyl (C=O) groups is 1. The maximum absolute atomic E-state index is 12.7. The van der Waals surface area contributed by atoms with E-state index >= 15 is 0 Å². The van der Waals surface area contributed by atoms with Gasteiger partial charge in [-0.15, -0.1) is 0 Å². The molecule has 0 saturated heterocycles. The molecule has 2 fully saturated rings. The number of benzene rings is 1. The van der Waals surface area contributed by atoms with Gasteiger partial charge in [-0.2, -0.15) is 0 Å². The molecule has 3 rings (SSSR count). The van der Waals surface area contributed by atoms with Gasteiger partial charge < -0.3 is 10.2 Å². The van der Waals surface area contributed by atoms with Gasteiger partial charge in [0.2, 0.25) is 10.0 Å². The first kappa shape index (κ1) is 20.0. The molecule has 0 aliphatic heterocycles. The summed E-state index contributed by atoms with van der Waals surface area (Å²) in [5.74, 6) is -0.459. The van der Waals surface area contributed by atoms with Crippen LogP contribution in [0.25, 0.3) is 0 Å². The van der Waals surface area contributed by atoms with E-state index in [1.165, 1.54) is 0 Å². The summed E-state index contributed by atoms with van der Waals surface area (Å²) < 4.78 is 28.3. The summed E-state index contributed by atoms with van der Waals surface area (Å²) in [4.78, 5) is 10.8. The summed E-state index contributed by atoms with van der Waals surface area (Å²) >= 11 is 0. The van der Waals surface area contributed by atoms with Crippen LogP contribution in [-0.2, 0) is 14.8 Å². The lowest BCUT2D eigenvalue weighted by molar-refractivity contribution is -0.137. The number of aliphatic hydroxyl groups is 1. The molecule has 7 heteroatoms. The molecule has 148 valence electrons. The number of allylic oxidation sites excluding steroid dienone is 2. The van der Waals surface area contributed by atoms with Gasteiger partial charge in [-0.05, 0) is 62.0 Å². The van der Waals surface area contributed by atoms with Crippen molar-refractivity contribution in [2.75, 3.05) is 0 Å². The van der Waals surface area contributed by atoms with Crippen molar-refractivity contribution in [3.63, 3.8) is 0 Å². The highest BCUT2D eigenvalue weighted by molar-refractivity contribution is 7.89. The molecular weight excluding hydrogens is 366 g/mol. The van der Waals surface area contributed by atoms with Crippen molar-refractivity contribution in [2.24, 2.45) is 17.8 Å². The molecule has 6 nitrogen and oxygen atoms in total. The van der Waals surface area contributed by atoms with Crippen LogP contribution in [0, 0.1) is 17.8 Å². The van der Waals surface area contributed by atoms with Gasteiger partial charge in [0.05, 0.1) is 11.0 Å². The Morgan fingerprint density at radius 2 is 1.93 bits per heavy atom. The van der Waals surface area contributed by atoms with Gasteiger partial charge in [-0.25, -0.2) is 13.1 Å². The Kier molecular flexibility index (Phi) is 6.34. The highest BCUT2D eigenvalue weighted by atomic mass is 32.2. The molecule has 3 N–H and O–H groups in total. The number of hydrogen-bond acceptors (Lipinski definition) is 4. The number of nitrogens with one attached hydrogen (secondary N) is 1. The van der Waals surface area contributed by atoms with E-state index in [1.54, 1.807) is 30.3 Å². The van der Waals surface area contributed by atoms with Crippen LogP contribution in [0.15, 0.2) is 47.4 Å². The van der Waals surface area contributed by atoms with E-state index in [-0.39, 0.29) is 41.2 Å². The summed E-state index contributed by atoms with van der Waals surface area (Å²) in [6.45, 7) is 0. The second-order valence-electron chi connectivity index (χ2n) is 7.58. The topological polar surface area (TPSA) is 104 Å². The van der Waals surface area contributed by atoms with E-state index in [2.05, 4.69) is 4.72 Å². The molecule has 0 aromatic heterocycles. The molecule has 2 aliphatic carbocycles. The van der Waals surface area contributed by atoms with Crippen LogP contribution in [0.2, 0.25) is 0 Å². The first-order valence-corrected chi connectivity index (χ1v) is 11.0. The predicted molar refractivity (Wildman–Crippen MR) is 102 cm³/mol. The Balaban J connectivity index is 1.64. The standard InChI is InChI=1S/C20H27NO5S/c22-18-13-14-12-17(18)16(10-6-1-2-7-11-19(23)24)20(14)21-27(25,26)15-8-4-3-5-9-15/h1,3-6,8-9,14,16-18,20-22H,2,7,10-13H2,(H,23,24)/b6-1-/t14-,16+,17-,18+,20+/m1/s1. The van der Waals surface area contributed by atoms with Crippen LogP contribution in [0.3, 0.4) is 0 Å². The fraction of sp³-hybridized carbons (Fsp3) is 0.550. The third kappa shape index (κ3) is 4.78. The number of unbranched alkanes of at least 4 members (excludes halogenated alkanes) is 1. The average Bonchev–Trinajstić information content (AvgIpc) is 3.16. The van der Waals surface area contributed by atoms with Crippen molar-refractivity contribution in [1.29, 1.82) is 0 Å². The number of carboxylic acid groups (broad SMARTS) is 1. The molecule has 2 saturated carbocycles. The number of fused-ring (bicyclic) bond motifs is 2. The average molecular weight is 394 g/mol. The number of carboxylic acids is 1. The number of rotatable bonds is 9. The van der Waals surface area contributed by atoms with E-state index in [4.69, 9.17) is 5.11 Å². The molecule has 1 aromatic rings. The SMILES string of the molecule is O=C(O)CCC/C=C\C[C@H]1[C@H]2C[C@H](C[C@@H]2O)[C@@H]1NS(=O)(=O)c1ccccc1. The summed E-state index contributed by atoms with van der Waals surface area (Å²) in [5.41, 5.74) is 0. The van der Waals surface area contributed by atoms with E-state index < -0.39 is 16.0 Å². The zero-order valence-corrected chi connectivity index (χ0v) is 16.0. The van der Waals surface area contributed by atoms with Gasteiger partial charge in [0.15, 0.2) is 0 Å². The van der Waals surface area contributed by atoms with Crippen molar-refractivity contribution in [3.8, 4) is 0 Å². The van der Waals surface area contributed by atoms with E-state index in [0.29, 0.717) is 25.7 Å². The quantitative estimate of drug-likeness (QED) is 0.442. The van der Waals surface area contributed by atoms with Crippen molar-refractivity contribution in [1.82, 2.24) is 4.72 Å². The molecule has 2 bridgehead atoms. The fourth-order valence-electron chi connectivity index (χ4n) is 4.55. The Morgan fingerprint density at radius 1 is 1.19 bits per heavy atom. The van der Waals surface area contributed by atoms with Crippen LogP contribution in [0.5, 0.6) is 0 Å². The highest BCUT2D eigenvalue weighted by Crippen LogP contribution is 2.50. The summed E-state index contributed by atoms with van der Waals surface area (Å²) in [6, 6.07) is 8.19. The van der Waals surface area contributed by atoms with Crippen molar-refractivity contribution in [2.45, 2.75) is 55.6 Å². The molecule has 0 radical (unpaired) electrons. The lowest BCUT2D eigenvalue weighted by atomic mass is 9.81. The minimum Gasteiger partial charge on any atom is -0.481 e. The van der Waals surface area contributed by atoms with Gasteiger partial charge >= 0.3 is 5.97 Å². The molecule has 0 heterocycles. The molecule has 5 atom stereocenters. The van der Waals surface area contributed by atoms with Gasteiger partial charge in [0, 0.05) is 12.5 Å². The van der Waals surface area contributed by atoms with Crippen molar-refractivity contribution in [3.05, 3.63) is 42.5 Å². The third-order valence-corrected chi connectivity index (χ3v) is 7.29. The Hall–Kier alpha value is -1.70. The molecule has 2 aliphatic rings. The Morgan fingerprint density at radius 3 is 2.63 bits per heavy atom. The number of aliphatic carboxylic acids is 1. The first-order chi connectivity index (χ1) is 12.9. The molecule has 27 heavy (non-hydrogen) atoms. The van der Waals surface area contributed by atoms with Gasteiger partial charge in [0.25, 0.3) is 0 Å². The first-order valence-electron chi connectivity index (χ1n) is 9.50. The summed E-state index contributed by atoms with van der Waals surface area (Å²) in [6.07, 6.45) is 7.22. The number of hydrogen-bond donors (Lipinski definition) is 3. The predicted octanol–water partition coefficient (Wildman–Crippen LogP) is 2.55. The second kappa shape index (κ2) is 8.54. The van der Waals surface area contributed by atoms with Crippen molar-refractivity contribution >= 4 is 16.0 Å². The van der Waals surface area contributed by atoms with E-state index in [1.807, 2.05) is 12.2 Å². The summed E-state index contributed by atoms with van der Waals surface area (Å²) in [5, 5.41) is 18.9. The maximum Gasteiger partial charge on any atom is 0.303 e. The number of aliphatic hydroxyl groups excluding tert-OH is 1.